The number of hydrogen-bond acceptors (Lipinski definition) is 7. The van der Waals surface area contributed by atoms with Gasteiger partial charge in [0.05, 0.1) is 19.0 Å². The SMILES string of the molecule is CC(N)C(=O)NC(Cc1ccc(O)cc1)C(=O)NCC(=O)NC(CC(N)=O)C(=O)O. The predicted octanol–water partition coefficient (Wildman–Crippen LogP) is -2.67. The quantitative estimate of drug-likeness (QED) is 0.199. The van der Waals surface area contributed by atoms with Crippen LogP contribution >= 0.6 is 0 Å². The van der Waals surface area contributed by atoms with E-state index in [0.717, 1.165) is 0 Å². The Bertz CT molecular complexity index is 795. The van der Waals surface area contributed by atoms with Gasteiger partial charge in [-0.15, -0.1) is 0 Å². The van der Waals surface area contributed by atoms with E-state index in [0.29, 0.717) is 5.56 Å². The molecule has 0 saturated heterocycles. The van der Waals surface area contributed by atoms with Crippen LogP contribution in [-0.2, 0) is 30.4 Å². The normalized spacial score (nSPS) is 13.4. The number of rotatable bonds is 11. The minimum absolute atomic E-state index is 0.0278. The Labute approximate surface area is 172 Å². The Morgan fingerprint density at radius 3 is 2.10 bits per heavy atom. The number of aromatic hydroxyl groups is 1. The van der Waals surface area contributed by atoms with Crippen molar-refractivity contribution in [1.82, 2.24) is 16.0 Å². The molecular weight excluding hydrogens is 398 g/mol. The van der Waals surface area contributed by atoms with Crippen LogP contribution in [0.5, 0.6) is 5.75 Å². The van der Waals surface area contributed by atoms with Crippen LogP contribution in [0.4, 0.5) is 0 Å². The fraction of sp³-hybridized carbons (Fsp3) is 0.389. The fourth-order valence-electron chi connectivity index (χ4n) is 2.32. The van der Waals surface area contributed by atoms with Crippen molar-refractivity contribution in [2.24, 2.45) is 11.5 Å². The highest BCUT2D eigenvalue weighted by Crippen LogP contribution is 2.11. The lowest BCUT2D eigenvalue weighted by atomic mass is 10.0. The molecule has 0 bridgehead atoms. The van der Waals surface area contributed by atoms with Crippen LogP contribution in [0.15, 0.2) is 24.3 Å². The Hall–Kier alpha value is -3.67. The molecule has 1 rings (SSSR count). The van der Waals surface area contributed by atoms with Gasteiger partial charge in [-0.1, -0.05) is 12.1 Å². The number of benzene rings is 1. The van der Waals surface area contributed by atoms with Crippen molar-refractivity contribution in [3.8, 4) is 5.75 Å². The summed E-state index contributed by atoms with van der Waals surface area (Å²) in [7, 11) is 0. The molecule has 0 aliphatic rings. The van der Waals surface area contributed by atoms with Crippen LogP contribution in [0.1, 0.15) is 18.9 Å². The molecule has 12 heteroatoms. The van der Waals surface area contributed by atoms with Gasteiger partial charge in [-0.3, -0.25) is 19.2 Å². The van der Waals surface area contributed by atoms with Crippen molar-refractivity contribution in [3.05, 3.63) is 29.8 Å². The van der Waals surface area contributed by atoms with Crippen LogP contribution in [0.3, 0.4) is 0 Å². The van der Waals surface area contributed by atoms with Crippen molar-refractivity contribution >= 4 is 29.6 Å². The van der Waals surface area contributed by atoms with E-state index < -0.39 is 60.7 Å². The number of phenolic OH excluding ortho intramolecular Hbond substituents is 1. The van der Waals surface area contributed by atoms with Gasteiger partial charge in [0.2, 0.25) is 23.6 Å². The second kappa shape index (κ2) is 11.4. The van der Waals surface area contributed by atoms with E-state index in [-0.39, 0.29) is 12.2 Å². The molecule has 164 valence electrons. The highest BCUT2D eigenvalue weighted by atomic mass is 16.4. The summed E-state index contributed by atoms with van der Waals surface area (Å²) < 4.78 is 0. The van der Waals surface area contributed by atoms with E-state index in [1.807, 2.05) is 0 Å². The third kappa shape index (κ3) is 8.56. The summed E-state index contributed by atoms with van der Waals surface area (Å²) in [5, 5.41) is 25.2. The molecule has 12 nitrogen and oxygen atoms in total. The summed E-state index contributed by atoms with van der Waals surface area (Å²) in [5.41, 5.74) is 11.1. The van der Waals surface area contributed by atoms with E-state index in [1.54, 1.807) is 12.1 Å². The molecule has 1 aromatic rings. The summed E-state index contributed by atoms with van der Waals surface area (Å²) in [6.45, 7) is 0.838. The van der Waals surface area contributed by atoms with Crippen molar-refractivity contribution < 1.29 is 34.2 Å². The van der Waals surface area contributed by atoms with Crippen molar-refractivity contribution in [1.29, 1.82) is 0 Å². The maximum Gasteiger partial charge on any atom is 0.326 e. The number of hydrogen-bond donors (Lipinski definition) is 7. The first kappa shape index (κ1) is 24.4. The first-order valence-electron chi connectivity index (χ1n) is 8.91. The van der Waals surface area contributed by atoms with Crippen molar-refractivity contribution in [3.63, 3.8) is 0 Å². The number of carbonyl (C=O) groups excluding carboxylic acids is 4. The lowest BCUT2D eigenvalue weighted by molar-refractivity contribution is -0.143. The number of primary amides is 1. The molecule has 9 N–H and O–H groups in total. The van der Waals surface area contributed by atoms with E-state index >= 15 is 0 Å². The average molecular weight is 423 g/mol. The molecule has 30 heavy (non-hydrogen) atoms. The lowest BCUT2D eigenvalue weighted by Crippen LogP contribution is -2.54. The maximum absolute atomic E-state index is 12.5. The molecule has 0 spiro atoms. The Morgan fingerprint density at radius 2 is 1.60 bits per heavy atom. The van der Waals surface area contributed by atoms with Crippen molar-refractivity contribution in [2.75, 3.05) is 6.54 Å². The molecule has 0 aliphatic heterocycles. The minimum Gasteiger partial charge on any atom is -0.508 e. The number of carboxylic acid groups (broad SMARTS) is 1. The smallest absolute Gasteiger partial charge is 0.326 e. The number of nitrogens with two attached hydrogens (primary N) is 2. The molecule has 3 unspecified atom stereocenters. The zero-order chi connectivity index (χ0) is 22.8. The fourth-order valence-corrected chi connectivity index (χ4v) is 2.32. The van der Waals surface area contributed by atoms with E-state index in [1.165, 1.54) is 19.1 Å². The molecule has 0 radical (unpaired) electrons. The van der Waals surface area contributed by atoms with Crippen LogP contribution in [0, 0.1) is 0 Å². The molecule has 1 aromatic carbocycles. The zero-order valence-corrected chi connectivity index (χ0v) is 16.3. The average Bonchev–Trinajstić information content (AvgIpc) is 2.66. The minimum atomic E-state index is -1.53. The van der Waals surface area contributed by atoms with Crippen LogP contribution in [0.25, 0.3) is 0 Å². The third-order valence-electron chi connectivity index (χ3n) is 3.88. The van der Waals surface area contributed by atoms with Gasteiger partial charge in [0, 0.05) is 6.42 Å². The van der Waals surface area contributed by atoms with Gasteiger partial charge in [0.15, 0.2) is 0 Å². The number of aliphatic carboxylic acids is 1. The van der Waals surface area contributed by atoms with E-state index in [4.69, 9.17) is 16.6 Å². The Morgan fingerprint density at radius 1 is 1.00 bits per heavy atom. The third-order valence-corrected chi connectivity index (χ3v) is 3.88. The topological polar surface area (TPSA) is 214 Å². The predicted molar refractivity (Wildman–Crippen MR) is 104 cm³/mol. The first-order chi connectivity index (χ1) is 14.0. The molecule has 0 aliphatic carbocycles. The standard InChI is InChI=1S/C18H25N5O7/c1-9(19)16(27)23-12(6-10-2-4-11(24)5-3-10)17(28)21-8-15(26)22-13(18(29)30)7-14(20)25/h2-5,9,12-13,24H,6-8,19H2,1H3,(H2,20,25)(H,21,28)(H,22,26)(H,23,27)(H,29,30). The number of carboxylic acids is 1. The highest BCUT2D eigenvalue weighted by Gasteiger charge is 2.25. The molecule has 0 saturated carbocycles. The van der Waals surface area contributed by atoms with Gasteiger partial charge in [-0.05, 0) is 24.6 Å². The molecule has 0 fully saturated rings. The highest BCUT2D eigenvalue weighted by molar-refractivity contribution is 5.93. The molecule has 4 amide bonds. The monoisotopic (exact) mass is 423 g/mol. The van der Waals surface area contributed by atoms with Crippen LogP contribution in [0.2, 0.25) is 0 Å². The maximum atomic E-state index is 12.5. The second-order valence-corrected chi connectivity index (χ2v) is 6.57. The Kier molecular flexibility index (Phi) is 9.23. The molecule has 0 heterocycles. The summed E-state index contributed by atoms with van der Waals surface area (Å²) in [6.07, 6.45) is -0.561. The van der Waals surface area contributed by atoms with Gasteiger partial charge >= 0.3 is 5.97 Å². The van der Waals surface area contributed by atoms with Gasteiger partial charge < -0.3 is 37.6 Å². The number of amides is 4. The van der Waals surface area contributed by atoms with Gasteiger partial charge in [-0.2, -0.15) is 0 Å². The van der Waals surface area contributed by atoms with E-state index in [2.05, 4.69) is 16.0 Å². The lowest BCUT2D eigenvalue weighted by Gasteiger charge is -2.20. The molecule has 0 aromatic heterocycles. The zero-order valence-electron chi connectivity index (χ0n) is 16.3. The Balaban J connectivity index is 2.76. The van der Waals surface area contributed by atoms with Gasteiger partial charge in [0.25, 0.3) is 0 Å². The summed E-state index contributed by atoms with van der Waals surface area (Å²) >= 11 is 0. The van der Waals surface area contributed by atoms with Crippen molar-refractivity contribution in [2.45, 2.75) is 37.9 Å². The summed E-state index contributed by atoms with van der Waals surface area (Å²) in [4.78, 5) is 58.2. The molecule has 3 atom stereocenters. The van der Waals surface area contributed by atoms with E-state index in [9.17, 15) is 29.1 Å². The van der Waals surface area contributed by atoms with Crippen LogP contribution < -0.4 is 27.4 Å². The molecular formula is C18H25N5O7. The summed E-state index contributed by atoms with van der Waals surface area (Å²) in [5.74, 6) is -4.51. The summed E-state index contributed by atoms with van der Waals surface area (Å²) in [6, 6.07) is 2.45. The van der Waals surface area contributed by atoms with Crippen LogP contribution in [-0.4, -0.2) is 64.5 Å². The number of nitrogens with one attached hydrogen (secondary N) is 3. The second-order valence-electron chi connectivity index (χ2n) is 6.57. The largest absolute Gasteiger partial charge is 0.508 e. The van der Waals surface area contributed by atoms with Gasteiger partial charge in [0.1, 0.15) is 17.8 Å². The first-order valence-corrected chi connectivity index (χ1v) is 8.91. The van der Waals surface area contributed by atoms with Gasteiger partial charge in [-0.25, -0.2) is 4.79 Å². The number of phenols is 1. The number of carbonyl (C=O) groups is 5.